The van der Waals surface area contributed by atoms with E-state index in [4.69, 9.17) is 0 Å². The van der Waals surface area contributed by atoms with Crippen molar-refractivity contribution >= 4 is 22.4 Å². The van der Waals surface area contributed by atoms with Crippen molar-refractivity contribution in [3.05, 3.63) is 64.1 Å². The molecule has 0 N–H and O–H groups in total. The summed E-state index contributed by atoms with van der Waals surface area (Å²) in [7, 11) is 0. The fourth-order valence-electron chi connectivity index (χ4n) is 2.77. The van der Waals surface area contributed by atoms with E-state index in [1.54, 1.807) is 28.4 Å². The third-order valence-corrected chi connectivity index (χ3v) is 4.86. The Morgan fingerprint density at radius 3 is 2.73 bits per heavy atom. The molecule has 3 aromatic heterocycles. The topological polar surface area (TPSA) is 43.6 Å². The van der Waals surface area contributed by atoms with Crippen LogP contribution < -0.4 is 0 Å². The van der Waals surface area contributed by atoms with E-state index < -0.39 is 17.8 Å². The molecule has 0 unspecified atom stereocenters. The van der Waals surface area contributed by atoms with Crippen LogP contribution in [0.2, 0.25) is 0 Å². The van der Waals surface area contributed by atoms with Gasteiger partial charge >= 0.3 is 0 Å². The highest BCUT2D eigenvalue weighted by molar-refractivity contribution is 7.09. The number of benzene rings is 1. The van der Waals surface area contributed by atoms with E-state index >= 15 is 0 Å². The molecule has 1 aromatic carbocycles. The second-order valence-electron chi connectivity index (χ2n) is 5.83. The molecule has 0 bridgehead atoms. The highest BCUT2D eigenvalue weighted by Crippen LogP contribution is 2.29. The maximum absolute atomic E-state index is 13.5. The van der Waals surface area contributed by atoms with Gasteiger partial charge in [-0.1, -0.05) is 6.07 Å². The van der Waals surface area contributed by atoms with Crippen molar-refractivity contribution in [3.8, 4) is 11.1 Å². The molecule has 0 fully saturated rings. The molecule has 0 atom stereocenters. The summed E-state index contributed by atoms with van der Waals surface area (Å²) in [6, 6.07) is 5.50. The van der Waals surface area contributed by atoms with Gasteiger partial charge in [0.25, 0.3) is 6.43 Å². The second-order valence-corrected chi connectivity index (χ2v) is 6.89. The first kappa shape index (κ1) is 16.7. The van der Waals surface area contributed by atoms with Crippen LogP contribution in [0.1, 0.15) is 22.7 Å². The van der Waals surface area contributed by atoms with Gasteiger partial charge < -0.3 is 0 Å². The number of rotatable bonds is 4. The number of hydrogen-bond acceptors (Lipinski definition) is 4. The zero-order valence-corrected chi connectivity index (χ0v) is 14.5. The number of alkyl halides is 2. The van der Waals surface area contributed by atoms with Crippen molar-refractivity contribution < 1.29 is 13.2 Å². The third-order valence-electron chi connectivity index (χ3n) is 4.04. The van der Waals surface area contributed by atoms with Gasteiger partial charge in [-0.3, -0.25) is 9.67 Å². The first-order chi connectivity index (χ1) is 12.5. The van der Waals surface area contributed by atoms with E-state index in [0.717, 1.165) is 28.4 Å². The van der Waals surface area contributed by atoms with Gasteiger partial charge in [0.2, 0.25) is 0 Å². The molecule has 132 valence electrons. The fraction of sp³-hybridized carbons (Fsp3) is 0.167. The number of aryl methyl sites for hydroxylation is 1. The molecular weight excluding hydrogens is 361 g/mol. The van der Waals surface area contributed by atoms with Gasteiger partial charge in [-0.05, 0) is 30.7 Å². The number of fused-ring (bicyclic) bond motifs is 1. The number of hydrogen-bond donors (Lipinski definition) is 0. The van der Waals surface area contributed by atoms with Gasteiger partial charge in [0.05, 0.1) is 34.5 Å². The van der Waals surface area contributed by atoms with Crippen LogP contribution in [0, 0.1) is 12.7 Å². The summed E-state index contributed by atoms with van der Waals surface area (Å²) in [6.07, 6.45) is 0.349. The SMILES string of the molecule is Cc1nc(Cn2ncc3ncc(-c4ccc(F)c(C(F)F)c4)cc32)cs1. The molecule has 8 heteroatoms. The summed E-state index contributed by atoms with van der Waals surface area (Å²) in [4.78, 5) is 8.77. The number of pyridine rings is 1. The van der Waals surface area contributed by atoms with Crippen LogP contribution in [-0.4, -0.2) is 19.7 Å². The summed E-state index contributed by atoms with van der Waals surface area (Å²) in [6.45, 7) is 2.43. The summed E-state index contributed by atoms with van der Waals surface area (Å²) < 4.78 is 41.2. The standard InChI is InChI=1S/C18H13F3N4S/c1-10-24-13(9-26-10)8-25-17-5-12(6-22-16(17)7-23-25)11-2-3-15(19)14(4-11)18(20)21/h2-7,9,18H,8H2,1H3. The fourth-order valence-corrected chi connectivity index (χ4v) is 3.37. The Bertz CT molecular complexity index is 1090. The Morgan fingerprint density at radius 1 is 1.15 bits per heavy atom. The molecule has 3 heterocycles. The summed E-state index contributed by atoms with van der Waals surface area (Å²) in [5.41, 5.74) is 2.83. The van der Waals surface area contributed by atoms with Crippen LogP contribution in [0.25, 0.3) is 22.2 Å². The summed E-state index contributed by atoms with van der Waals surface area (Å²) in [5.74, 6) is -0.915. The molecule has 4 aromatic rings. The van der Waals surface area contributed by atoms with Crippen molar-refractivity contribution in [1.29, 1.82) is 0 Å². The zero-order valence-electron chi connectivity index (χ0n) is 13.7. The van der Waals surface area contributed by atoms with E-state index in [1.807, 2.05) is 18.4 Å². The smallest absolute Gasteiger partial charge is 0.257 e. The minimum absolute atomic E-state index is 0.480. The maximum Gasteiger partial charge on any atom is 0.266 e. The number of aromatic nitrogens is 4. The summed E-state index contributed by atoms with van der Waals surface area (Å²) in [5, 5.41) is 7.27. The molecule has 4 rings (SSSR count). The minimum Gasteiger partial charge on any atom is -0.257 e. The zero-order chi connectivity index (χ0) is 18.3. The van der Waals surface area contributed by atoms with Crippen LogP contribution >= 0.6 is 11.3 Å². The monoisotopic (exact) mass is 374 g/mol. The summed E-state index contributed by atoms with van der Waals surface area (Å²) >= 11 is 1.56. The molecule has 0 spiro atoms. The highest BCUT2D eigenvalue weighted by Gasteiger charge is 2.15. The third kappa shape index (κ3) is 3.08. The molecule has 0 saturated heterocycles. The van der Waals surface area contributed by atoms with Crippen molar-refractivity contribution in [2.24, 2.45) is 0 Å². The van der Waals surface area contributed by atoms with Crippen LogP contribution in [0.15, 0.2) is 42.0 Å². The molecule has 0 aliphatic rings. The van der Waals surface area contributed by atoms with Crippen LogP contribution in [-0.2, 0) is 6.54 Å². The van der Waals surface area contributed by atoms with Crippen molar-refractivity contribution in [2.75, 3.05) is 0 Å². The van der Waals surface area contributed by atoms with E-state index in [9.17, 15) is 13.2 Å². The minimum atomic E-state index is -2.87. The quantitative estimate of drug-likeness (QED) is 0.506. The molecule has 0 saturated carbocycles. The Morgan fingerprint density at radius 2 is 2.00 bits per heavy atom. The normalized spacial score (nSPS) is 11.6. The first-order valence-electron chi connectivity index (χ1n) is 7.82. The van der Waals surface area contributed by atoms with Crippen molar-refractivity contribution in [1.82, 2.24) is 19.7 Å². The molecule has 26 heavy (non-hydrogen) atoms. The molecule has 0 aliphatic heterocycles. The molecule has 0 amide bonds. The van der Waals surface area contributed by atoms with Gasteiger partial charge in [0.15, 0.2) is 0 Å². The lowest BCUT2D eigenvalue weighted by Crippen LogP contribution is -2.02. The van der Waals surface area contributed by atoms with Crippen LogP contribution in [0.3, 0.4) is 0 Å². The number of nitrogens with zero attached hydrogens (tertiary/aromatic N) is 4. The first-order valence-corrected chi connectivity index (χ1v) is 8.70. The lowest BCUT2D eigenvalue weighted by molar-refractivity contribution is 0.146. The van der Waals surface area contributed by atoms with Crippen molar-refractivity contribution in [2.45, 2.75) is 19.9 Å². The molecule has 0 radical (unpaired) electrons. The van der Waals surface area contributed by atoms with Crippen molar-refractivity contribution in [3.63, 3.8) is 0 Å². The predicted octanol–water partition coefficient (Wildman–Crippen LogP) is 4.99. The Labute approximate surface area is 151 Å². The number of thiazole rings is 1. The lowest BCUT2D eigenvalue weighted by Gasteiger charge is -2.07. The Hall–Kier alpha value is -2.74. The van der Waals surface area contributed by atoms with E-state index in [2.05, 4.69) is 15.1 Å². The predicted molar refractivity (Wildman–Crippen MR) is 93.8 cm³/mol. The Kier molecular flexibility index (Phi) is 4.20. The average molecular weight is 374 g/mol. The van der Waals surface area contributed by atoms with Gasteiger partial charge in [-0.25, -0.2) is 18.2 Å². The van der Waals surface area contributed by atoms with Gasteiger partial charge in [0.1, 0.15) is 11.3 Å². The maximum atomic E-state index is 13.5. The largest absolute Gasteiger partial charge is 0.266 e. The van der Waals surface area contributed by atoms with Gasteiger partial charge in [-0.15, -0.1) is 11.3 Å². The molecule has 4 nitrogen and oxygen atoms in total. The van der Waals surface area contributed by atoms with Gasteiger partial charge in [0, 0.05) is 17.1 Å². The molecular formula is C18H13F3N4S. The average Bonchev–Trinajstić information content (AvgIpc) is 3.21. The van der Waals surface area contributed by atoms with Gasteiger partial charge in [-0.2, -0.15) is 5.10 Å². The van der Waals surface area contributed by atoms with E-state index in [0.29, 0.717) is 23.2 Å². The lowest BCUT2D eigenvalue weighted by atomic mass is 10.0. The van der Waals surface area contributed by atoms with E-state index in [-0.39, 0.29) is 0 Å². The second kappa shape index (κ2) is 6.53. The van der Waals surface area contributed by atoms with E-state index in [1.165, 1.54) is 6.07 Å². The Balaban J connectivity index is 1.75. The molecule has 0 aliphatic carbocycles. The number of halogens is 3. The highest BCUT2D eigenvalue weighted by atomic mass is 32.1. The van der Waals surface area contributed by atoms with Crippen LogP contribution in [0.4, 0.5) is 13.2 Å². The van der Waals surface area contributed by atoms with Crippen LogP contribution in [0.5, 0.6) is 0 Å².